The molecule has 0 aromatic carbocycles. The van der Waals surface area contributed by atoms with Gasteiger partial charge in [-0.2, -0.15) is 5.10 Å². The molecule has 1 aromatic rings. The van der Waals surface area contributed by atoms with Crippen molar-refractivity contribution >= 4 is 0 Å². The molecule has 1 heterocycles. The van der Waals surface area contributed by atoms with Crippen LogP contribution in [0.15, 0.2) is 0 Å². The smallest absolute Gasteiger partial charge is 0.148 e. The molecule has 1 aromatic heterocycles. The van der Waals surface area contributed by atoms with Crippen LogP contribution in [-0.2, 0) is 5.41 Å². The molecule has 0 unspecified atom stereocenters. The summed E-state index contributed by atoms with van der Waals surface area (Å²) in [5.74, 6) is 0.731. The zero-order chi connectivity index (χ0) is 9.47. The Morgan fingerprint density at radius 1 is 1.31 bits per heavy atom. The van der Waals surface area contributed by atoms with Gasteiger partial charge < -0.3 is 5.73 Å². The normalized spacial score (nSPS) is 18.7. The fourth-order valence-corrected chi connectivity index (χ4v) is 1.69. The SMILES string of the molecule is Cc1nnc(C2(CN)CC2)c(C)n1. The molecule has 1 aliphatic carbocycles. The highest BCUT2D eigenvalue weighted by atomic mass is 15.2. The largest absolute Gasteiger partial charge is 0.330 e. The molecule has 1 saturated carbocycles. The Morgan fingerprint density at radius 3 is 2.46 bits per heavy atom. The third-order valence-corrected chi connectivity index (χ3v) is 2.71. The molecule has 4 nitrogen and oxygen atoms in total. The van der Waals surface area contributed by atoms with Gasteiger partial charge in [0.25, 0.3) is 0 Å². The first-order chi connectivity index (χ1) is 6.18. The molecule has 0 spiro atoms. The summed E-state index contributed by atoms with van der Waals surface area (Å²) in [6.07, 6.45) is 2.26. The number of aryl methyl sites for hydroxylation is 2. The second-order valence-corrected chi connectivity index (χ2v) is 3.78. The summed E-state index contributed by atoms with van der Waals surface area (Å²) in [5.41, 5.74) is 7.80. The van der Waals surface area contributed by atoms with Crippen LogP contribution >= 0.6 is 0 Å². The van der Waals surface area contributed by atoms with E-state index < -0.39 is 0 Å². The second-order valence-electron chi connectivity index (χ2n) is 3.78. The number of rotatable bonds is 2. The van der Waals surface area contributed by atoms with Gasteiger partial charge in [-0.3, -0.25) is 0 Å². The highest BCUT2D eigenvalue weighted by Crippen LogP contribution is 2.46. The Morgan fingerprint density at radius 2 is 2.00 bits per heavy atom. The van der Waals surface area contributed by atoms with Crippen molar-refractivity contribution in [2.75, 3.05) is 6.54 Å². The summed E-state index contributed by atoms with van der Waals surface area (Å²) >= 11 is 0. The van der Waals surface area contributed by atoms with Gasteiger partial charge in [0, 0.05) is 12.0 Å². The van der Waals surface area contributed by atoms with Crippen molar-refractivity contribution in [3.8, 4) is 0 Å². The van der Waals surface area contributed by atoms with E-state index in [-0.39, 0.29) is 5.41 Å². The topological polar surface area (TPSA) is 64.7 Å². The quantitative estimate of drug-likeness (QED) is 0.715. The summed E-state index contributed by atoms with van der Waals surface area (Å²) in [6, 6.07) is 0. The maximum absolute atomic E-state index is 5.71. The van der Waals surface area contributed by atoms with Crippen molar-refractivity contribution < 1.29 is 0 Å². The van der Waals surface area contributed by atoms with E-state index in [0.29, 0.717) is 6.54 Å². The average molecular weight is 178 g/mol. The highest BCUT2D eigenvalue weighted by Gasteiger charge is 2.46. The predicted octanol–water partition coefficient (Wildman–Crippen LogP) is 0.479. The lowest BCUT2D eigenvalue weighted by Crippen LogP contribution is -2.23. The summed E-state index contributed by atoms with van der Waals surface area (Å²) in [4.78, 5) is 4.30. The van der Waals surface area contributed by atoms with E-state index in [9.17, 15) is 0 Å². The molecular weight excluding hydrogens is 164 g/mol. The minimum Gasteiger partial charge on any atom is -0.330 e. The first-order valence-corrected chi connectivity index (χ1v) is 4.56. The van der Waals surface area contributed by atoms with Gasteiger partial charge in [-0.1, -0.05) is 0 Å². The standard InChI is InChI=1S/C9H14N4/c1-6-8(9(5-10)3-4-9)13-12-7(2)11-6/h3-5,10H2,1-2H3. The molecule has 2 rings (SSSR count). The molecule has 0 bridgehead atoms. The lowest BCUT2D eigenvalue weighted by molar-refractivity contribution is 0.638. The Balaban J connectivity index is 2.41. The third-order valence-electron chi connectivity index (χ3n) is 2.71. The Labute approximate surface area is 77.6 Å². The first kappa shape index (κ1) is 8.56. The number of hydrogen-bond acceptors (Lipinski definition) is 4. The fourth-order valence-electron chi connectivity index (χ4n) is 1.69. The summed E-state index contributed by atoms with van der Waals surface area (Å²) in [6.45, 7) is 4.49. The Hall–Kier alpha value is -1.03. The van der Waals surface area contributed by atoms with E-state index in [1.807, 2.05) is 13.8 Å². The molecule has 0 amide bonds. The number of nitrogens with zero attached hydrogens (tertiary/aromatic N) is 3. The van der Waals surface area contributed by atoms with Crippen LogP contribution < -0.4 is 5.73 Å². The van der Waals surface area contributed by atoms with E-state index in [0.717, 1.165) is 30.1 Å². The molecule has 1 fully saturated rings. The van der Waals surface area contributed by atoms with Crippen LogP contribution in [0.3, 0.4) is 0 Å². The molecule has 1 aliphatic rings. The van der Waals surface area contributed by atoms with Crippen LogP contribution in [-0.4, -0.2) is 21.7 Å². The molecule has 13 heavy (non-hydrogen) atoms. The minimum atomic E-state index is 0.109. The molecular formula is C9H14N4. The van der Waals surface area contributed by atoms with Gasteiger partial charge in [-0.05, 0) is 26.7 Å². The van der Waals surface area contributed by atoms with Gasteiger partial charge >= 0.3 is 0 Å². The highest BCUT2D eigenvalue weighted by molar-refractivity contribution is 5.27. The first-order valence-electron chi connectivity index (χ1n) is 4.56. The van der Waals surface area contributed by atoms with E-state index in [1.165, 1.54) is 0 Å². The number of aromatic nitrogens is 3. The van der Waals surface area contributed by atoms with Crippen molar-refractivity contribution in [1.82, 2.24) is 15.2 Å². The maximum Gasteiger partial charge on any atom is 0.148 e. The van der Waals surface area contributed by atoms with Gasteiger partial charge in [-0.25, -0.2) is 4.98 Å². The zero-order valence-corrected chi connectivity index (χ0v) is 8.04. The molecule has 0 atom stereocenters. The maximum atomic E-state index is 5.71. The van der Waals surface area contributed by atoms with Crippen LogP contribution in [0.2, 0.25) is 0 Å². The van der Waals surface area contributed by atoms with Crippen molar-refractivity contribution in [3.63, 3.8) is 0 Å². The number of hydrogen-bond donors (Lipinski definition) is 1. The summed E-state index contributed by atoms with van der Waals surface area (Å²) < 4.78 is 0. The lowest BCUT2D eigenvalue weighted by atomic mass is 10.0. The molecule has 4 heteroatoms. The fraction of sp³-hybridized carbons (Fsp3) is 0.667. The Bertz CT molecular complexity index is 330. The Kier molecular flexibility index (Phi) is 1.80. The van der Waals surface area contributed by atoms with Crippen molar-refractivity contribution in [2.45, 2.75) is 32.1 Å². The number of nitrogens with two attached hydrogens (primary N) is 1. The molecule has 70 valence electrons. The van der Waals surface area contributed by atoms with Crippen molar-refractivity contribution in [3.05, 3.63) is 17.2 Å². The van der Waals surface area contributed by atoms with E-state index in [2.05, 4.69) is 15.2 Å². The monoisotopic (exact) mass is 178 g/mol. The van der Waals surface area contributed by atoms with Crippen LogP contribution in [0.25, 0.3) is 0 Å². The van der Waals surface area contributed by atoms with Crippen LogP contribution in [0.5, 0.6) is 0 Å². The molecule has 0 aliphatic heterocycles. The van der Waals surface area contributed by atoms with Crippen LogP contribution in [0, 0.1) is 13.8 Å². The van der Waals surface area contributed by atoms with Crippen LogP contribution in [0.4, 0.5) is 0 Å². The van der Waals surface area contributed by atoms with E-state index in [1.54, 1.807) is 0 Å². The van der Waals surface area contributed by atoms with E-state index in [4.69, 9.17) is 5.73 Å². The predicted molar refractivity (Wildman–Crippen MR) is 49.3 cm³/mol. The molecule has 2 N–H and O–H groups in total. The van der Waals surface area contributed by atoms with Gasteiger partial charge in [-0.15, -0.1) is 5.10 Å². The zero-order valence-electron chi connectivity index (χ0n) is 8.04. The van der Waals surface area contributed by atoms with Crippen LogP contribution in [0.1, 0.15) is 30.1 Å². The average Bonchev–Trinajstić information content (AvgIpc) is 2.85. The third kappa shape index (κ3) is 1.31. The second kappa shape index (κ2) is 2.73. The van der Waals surface area contributed by atoms with Crippen molar-refractivity contribution in [1.29, 1.82) is 0 Å². The van der Waals surface area contributed by atoms with Gasteiger partial charge in [0.15, 0.2) is 0 Å². The lowest BCUT2D eigenvalue weighted by Gasteiger charge is -2.12. The summed E-state index contributed by atoms with van der Waals surface area (Å²) in [5, 5.41) is 8.17. The molecule has 0 radical (unpaired) electrons. The van der Waals surface area contributed by atoms with Crippen molar-refractivity contribution in [2.24, 2.45) is 5.73 Å². The van der Waals surface area contributed by atoms with Gasteiger partial charge in [0.1, 0.15) is 5.82 Å². The van der Waals surface area contributed by atoms with Gasteiger partial charge in [0.2, 0.25) is 0 Å². The summed E-state index contributed by atoms with van der Waals surface area (Å²) in [7, 11) is 0. The van der Waals surface area contributed by atoms with E-state index >= 15 is 0 Å². The van der Waals surface area contributed by atoms with Gasteiger partial charge in [0.05, 0.1) is 11.4 Å². The molecule has 0 saturated heterocycles. The minimum absolute atomic E-state index is 0.109.